The monoisotopic (exact) mass is 406 g/mol. The highest BCUT2D eigenvalue weighted by molar-refractivity contribution is 5.87. The van der Waals surface area contributed by atoms with Gasteiger partial charge in [-0.15, -0.1) is 6.42 Å². The molecule has 1 saturated heterocycles. The summed E-state index contributed by atoms with van der Waals surface area (Å²) in [6.07, 6.45) is 7.12. The van der Waals surface area contributed by atoms with Crippen LogP contribution in [0.5, 0.6) is 11.5 Å². The number of hydrogen-bond acceptors (Lipinski definition) is 4. The molecule has 2 aliphatic rings. The van der Waals surface area contributed by atoms with E-state index in [1.165, 1.54) is 18.2 Å². The summed E-state index contributed by atoms with van der Waals surface area (Å²) in [5, 5.41) is 10.4. The Morgan fingerprint density at radius 2 is 2.20 bits per heavy atom. The third-order valence-corrected chi connectivity index (χ3v) is 5.84. The van der Waals surface area contributed by atoms with E-state index in [-0.39, 0.29) is 23.3 Å². The summed E-state index contributed by atoms with van der Waals surface area (Å²) in [4.78, 5) is 15.9. The number of carbonyl (C=O) groups excluding carboxylic acids is 1. The maximum atomic E-state index is 15.3. The van der Waals surface area contributed by atoms with E-state index in [0.717, 1.165) is 5.56 Å². The average molecular weight is 406 g/mol. The molecule has 1 fully saturated rings. The summed E-state index contributed by atoms with van der Waals surface area (Å²) in [6.45, 7) is 7.90. The zero-order valence-corrected chi connectivity index (χ0v) is 16.8. The Morgan fingerprint density at radius 1 is 1.40 bits per heavy atom. The predicted molar refractivity (Wildman–Crippen MR) is 113 cm³/mol. The van der Waals surface area contributed by atoms with Gasteiger partial charge >= 0.3 is 0 Å². The second-order valence-electron chi connectivity index (χ2n) is 7.63. The summed E-state index contributed by atoms with van der Waals surface area (Å²) in [5.41, 5.74) is 2.24. The van der Waals surface area contributed by atoms with Crippen LogP contribution in [0.15, 0.2) is 36.9 Å². The number of amides is 1. The zero-order valence-electron chi connectivity index (χ0n) is 16.8. The number of hydrogen-bond donors (Lipinski definition) is 1. The standard InChI is InChI=1S/C24H23FN2O3/c1-4-18-23(22-15(3)7-6-8-20(22)28)19(25)11-16-12-26-9-10-27(21(29)5-2)13-17(26)14-30-24(16)18/h1,5-8,11,17,28H,2,9-10,12-14H2,3H3/t17-/m1/s1. The minimum absolute atomic E-state index is 0.0287. The molecule has 0 aromatic heterocycles. The van der Waals surface area contributed by atoms with Crippen molar-refractivity contribution in [3.05, 3.63) is 59.4 Å². The maximum absolute atomic E-state index is 15.3. The van der Waals surface area contributed by atoms with E-state index in [1.807, 2.05) is 0 Å². The Morgan fingerprint density at radius 3 is 2.90 bits per heavy atom. The zero-order chi connectivity index (χ0) is 21.4. The van der Waals surface area contributed by atoms with Gasteiger partial charge < -0.3 is 14.7 Å². The molecule has 4 rings (SSSR count). The number of rotatable bonds is 2. The summed E-state index contributed by atoms with van der Waals surface area (Å²) >= 11 is 0. The van der Waals surface area contributed by atoms with Crippen LogP contribution < -0.4 is 4.74 Å². The molecule has 0 aliphatic carbocycles. The fraction of sp³-hybridized carbons (Fsp3) is 0.292. The number of benzene rings is 2. The van der Waals surface area contributed by atoms with Crippen LogP contribution >= 0.6 is 0 Å². The molecule has 2 heterocycles. The van der Waals surface area contributed by atoms with Gasteiger partial charge in [-0.3, -0.25) is 9.69 Å². The first kappa shape index (κ1) is 20.0. The SMILES string of the molecule is C#Cc1c2c(cc(F)c1-c1c(C)cccc1O)CN1CCN(C(=O)C=C)C[C@@H]1CO2. The van der Waals surface area contributed by atoms with E-state index < -0.39 is 5.82 Å². The van der Waals surface area contributed by atoms with E-state index in [2.05, 4.69) is 17.4 Å². The molecule has 0 unspecified atom stereocenters. The van der Waals surface area contributed by atoms with Crippen molar-refractivity contribution in [3.8, 4) is 35.0 Å². The van der Waals surface area contributed by atoms with E-state index >= 15 is 4.39 Å². The number of ether oxygens (including phenoxy) is 1. The van der Waals surface area contributed by atoms with Gasteiger partial charge in [0.2, 0.25) is 5.91 Å². The van der Waals surface area contributed by atoms with Gasteiger partial charge in [-0.2, -0.15) is 0 Å². The molecule has 5 nitrogen and oxygen atoms in total. The molecule has 0 saturated carbocycles. The minimum Gasteiger partial charge on any atom is -0.507 e. The van der Waals surface area contributed by atoms with Crippen molar-refractivity contribution in [2.75, 3.05) is 26.2 Å². The number of nitrogens with zero attached hydrogens (tertiary/aromatic N) is 2. The van der Waals surface area contributed by atoms with Crippen LogP contribution in [0.1, 0.15) is 16.7 Å². The van der Waals surface area contributed by atoms with Gasteiger partial charge in [0.15, 0.2) is 0 Å². The van der Waals surface area contributed by atoms with Gasteiger partial charge in [-0.05, 0) is 30.7 Å². The Bertz CT molecular complexity index is 1050. The van der Waals surface area contributed by atoms with Crippen molar-refractivity contribution >= 4 is 5.91 Å². The third-order valence-electron chi connectivity index (χ3n) is 5.84. The van der Waals surface area contributed by atoms with Crippen LogP contribution in [0.3, 0.4) is 0 Å². The summed E-state index contributed by atoms with van der Waals surface area (Å²) < 4.78 is 21.4. The molecule has 1 amide bonds. The lowest BCUT2D eigenvalue weighted by molar-refractivity contribution is -0.129. The van der Waals surface area contributed by atoms with Gasteiger partial charge in [0.1, 0.15) is 23.9 Å². The summed E-state index contributed by atoms with van der Waals surface area (Å²) in [5.74, 6) is 2.42. The van der Waals surface area contributed by atoms with Crippen LogP contribution in [0.2, 0.25) is 0 Å². The lowest BCUT2D eigenvalue weighted by atomic mass is 9.92. The second-order valence-corrected chi connectivity index (χ2v) is 7.63. The van der Waals surface area contributed by atoms with Crippen molar-refractivity contribution in [2.24, 2.45) is 0 Å². The minimum atomic E-state index is -0.492. The van der Waals surface area contributed by atoms with E-state index in [4.69, 9.17) is 11.2 Å². The molecule has 0 radical (unpaired) electrons. The number of terminal acetylenes is 1. The quantitative estimate of drug-likeness (QED) is 0.615. The van der Waals surface area contributed by atoms with E-state index in [1.54, 1.807) is 24.0 Å². The van der Waals surface area contributed by atoms with Gasteiger partial charge in [0.05, 0.1) is 11.6 Å². The van der Waals surface area contributed by atoms with E-state index in [0.29, 0.717) is 55.2 Å². The van der Waals surface area contributed by atoms with Crippen LogP contribution in [0, 0.1) is 25.1 Å². The number of aryl methyl sites for hydroxylation is 1. The molecular formula is C24H23FN2O3. The first-order valence-electron chi connectivity index (χ1n) is 9.83. The summed E-state index contributed by atoms with van der Waals surface area (Å²) in [7, 11) is 0. The molecule has 30 heavy (non-hydrogen) atoms. The fourth-order valence-electron chi connectivity index (χ4n) is 4.31. The van der Waals surface area contributed by atoms with Crippen molar-refractivity contribution in [1.29, 1.82) is 0 Å². The molecule has 1 atom stereocenters. The highest BCUT2D eigenvalue weighted by atomic mass is 19.1. The molecule has 2 aromatic carbocycles. The van der Waals surface area contributed by atoms with Crippen molar-refractivity contribution in [1.82, 2.24) is 9.80 Å². The van der Waals surface area contributed by atoms with Crippen molar-refractivity contribution in [3.63, 3.8) is 0 Å². The van der Waals surface area contributed by atoms with Gasteiger partial charge in [0.25, 0.3) is 0 Å². The Balaban J connectivity index is 1.76. The lowest BCUT2D eigenvalue weighted by Crippen LogP contribution is -2.55. The largest absolute Gasteiger partial charge is 0.507 e. The highest BCUT2D eigenvalue weighted by Gasteiger charge is 2.34. The first-order chi connectivity index (χ1) is 14.4. The van der Waals surface area contributed by atoms with Crippen molar-refractivity contribution < 1.29 is 19.0 Å². The normalized spacial score (nSPS) is 18.4. The third kappa shape index (κ3) is 3.31. The average Bonchev–Trinajstić information content (AvgIpc) is 2.91. The Labute approximate surface area is 175 Å². The maximum Gasteiger partial charge on any atom is 0.246 e. The fourth-order valence-corrected chi connectivity index (χ4v) is 4.31. The van der Waals surface area contributed by atoms with Gasteiger partial charge in [-0.1, -0.05) is 24.6 Å². The number of aromatic hydroxyl groups is 1. The lowest BCUT2D eigenvalue weighted by Gasteiger charge is -2.39. The molecule has 1 N–H and O–H groups in total. The van der Waals surface area contributed by atoms with Gasteiger partial charge in [-0.25, -0.2) is 4.39 Å². The van der Waals surface area contributed by atoms with Crippen LogP contribution in [0.25, 0.3) is 11.1 Å². The summed E-state index contributed by atoms with van der Waals surface area (Å²) in [6, 6.07) is 6.43. The number of fused-ring (bicyclic) bond motifs is 2. The molecular weight excluding hydrogens is 383 g/mol. The van der Waals surface area contributed by atoms with Crippen LogP contribution in [0.4, 0.5) is 4.39 Å². The molecule has 6 heteroatoms. The number of piperazine rings is 1. The molecule has 2 aromatic rings. The predicted octanol–water partition coefficient (Wildman–Crippen LogP) is 3.08. The Kier molecular flexibility index (Phi) is 5.23. The van der Waals surface area contributed by atoms with E-state index in [9.17, 15) is 9.90 Å². The topological polar surface area (TPSA) is 53.0 Å². The van der Waals surface area contributed by atoms with Crippen LogP contribution in [-0.4, -0.2) is 53.1 Å². The van der Waals surface area contributed by atoms with Crippen LogP contribution in [-0.2, 0) is 11.3 Å². The van der Waals surface area contributed by atoms with Crippen molar-refractivity contribution in [2.45, 2.75) is 19.5 Å². The number of phenolic OH excluding ortho intramolecular Hbond substituents is 1. The molecule has 2 aliphatic heterocycles. The number of halogens is 1. The molecule has 0 bridgehead atoms. The molecule has 0 spiro atoms. The smallest absolute Gasteiger partial charge is 0.246 e. The first-order valence-corrected chi connectivity index (χ1v) is 9.83. The number of carbonyl (C=O) groups is 1. The highest BCUT2D eigenvalue weighted by Crippen LogP contribution is 2.42. The number of phenols is 1. The van der Waals surface area contributed by atoms with Gasteiger partial charge in [0, 0.05) is 42.9 Å². The molecule has 154 valence electrons. The Hall–Kier alpha value is -3.30. The second kappa shape index (κ2) is 7.85.